The number of amides is 2. The van der Waals surface area contributed by atoms with Crippen molar-refractivity contribution in [3.8, 4) is 0 Å². The van der Waals surface area contributed by atoms with Gasteiger partial charge in [-0.3, -0.25) is 0 Å². The number of benzene rings is 3. The Kier molecular flexibility index (Phi) is 6.17. The lowest BCUT2D eigenvalue weighted by atomic mass is 10.1. The Morgan fingerprint density at radius 1 is 0.629 bits per heavy atom. The number of nitrogens with zero attached hydrogens (tertiary/aromatic N) is 3. The van der Waals surface area contributed by atoms with Crippen LogP contribution in [0.3, 0.4) is 0 Å². The summed E-state index contributed by atoms with van der Waals surface area (Å²) >= 11 is 0. The Labute approximate surface area is 202 Å². The number of nitrogens with one attached hydrogen (secondary N) is 4. The summed E-state index contributed by atoms with van der Waals surface area (Å²) in [5.41, 5.74) is 2.23. The number of pyridine rings is 1. The van der Waals surface area contributed by atoms with Crippen LogP contribution >= 0.6 is 0 Å². The number of carbonyl (C=O) groups excluding carboxylic acids is 1. The summed E-state index contributed by atoms with van der Waals surface area (Å²) in [5.74, 6) is 2.61. The molecule has 0 aliphatic carbocycles. The molecule has 0 saturated carbocycles. The molecule has 8 heteroatoms. The van der Waals surface area contributed by atoms with Crippen molar-refractivity contribution in [1.29, 1.82) is 0 Å². The lowest BCUT2D eigenvalue weighted by molar-refractivity contribution is 0.262. The molecule has 0 spiro atoms. The van der Waals surface area contributed by atoms with Gasteiger partial charge in [-0.05, 0) is 66.2 Å². The van der Waals surface area contributed by atoms with E-state index in [2.05, 4.69) is 36.2 Å². The van der Waals surface area contributed by atoms with Crippen LogP contribution in [0.1, 0.15) is 5.82 Å². The molecule has 0 saturated heterocycles. The molecule has 5 rings (SSSR count). The summed E-state index contributed by atoms with van der Waals surface area (Å²) in [6.45, 7) is 1.83. The number of aryl methyl sites for hydroxylation is 1. The number of anilines is 6. The minimum atomic E-state index is -0.308. The van der Waals surface area contributed by atoms with Gasteiger partial charge in [0.05, 0.1) is 0 Å². The van der Waals surface area contributed by atoms with Gasteiger partial charge in [0.2, 0.25) is 0 Å². The van der Waals surface area contributed by atoms with Crippen molar-refractivity contribution in [2.45, 2.75) is 6.92 Å². The summed E-state index contributed by atoms with van der Waals surface area (Å²) in [6, 6.07) is 28.3. The fourth-order valence-electron chi connectivity index (χ4n) is 3.61. The molecule has 0 radical (unpaired) electrons. The molecular formula is C27H23N7O. The SMILES string of the molecule is Cc1nc(Nc2ccc(NC(=O)Nc3ccc4ccccc4c3)cc2)cc(Nc2ccccn2)n1. The van der Waals surface area contributed by atoms with Crippen molar-refractivity contribution in [3.63, 3.8) is 0 Å². The van der Waals surface area contributed by atoms with Gasteiger partial charge in [-0.1, -0.05) is 36.4 Å². The second-order valence-electron chi connectivity index (χ2n) is 7.87. The highest BCUT2D eigenvalue weighted by atomic mass is 16.2. The second-order valence-corrected chi connectivity index (χ2v) is 7.87. The molecule has 2 amide bonds. The van der Waals surface area contributed by atoms with E-state index in [9.17, 15) is 4.79 Å². The van der Waals surface area contributed by atoms with E-state index in [1.165, 1.54) is 0 Å². The molecule has 0 aliphatic heterocycles. The van der Waals surface area contributed by atoms with Gasteiger partial charge in [-0.2, -0.15) is 0 Å². The van der Waals surface area contributed by atoms with Gasteiger partial charge in [-0.25, -0.2) is 19.7 Å². The maximum absolute atomic E-state index is 12.5. The van der Waals surface area contributed by atoms with Crippen molar-refractivity contribution in [1.82, 2.24) is 15.0 Å². The highest BCUT2D eigenvalue weighted by Crippen LogP contribution is 2.22. The van der Waals surface area contributed by atoms with Crippen LogP contribution in [0.2, 0.25) is 0 Å². The third-order valence-corrected chi connectivity index (χ3v) is 5.18. The number of aromatic nitrogens is 3. The van der Waals surface area contributed by atoms with E-state index in [4.69, 9.17) is 0 Å². The summed E-state index contributed by atoms with van der Waals surface area (Å²) in [4.78, 5) is 25.6. The molecule has 4 N–H and O–H groups in total. The first-order chi connectivity index (χ1) is 17.1. The lowest BCUT2D eigenvalue weighted by Crippen LogP contribution is -2.19. The first-order valence-corrected chi connectivity index (χ1v) is 11.1. The van der Waals surface area contributed by atoms with Gasteiger partial charge in [0.25, 0.3) is 0 Å². The molecule has 8 nitrogen and oxygen atoms in total. The first kappa shape index (κ1) is 21.8. The fourth-order valence-corrected chi connectivity index (χ4v) is 3.61. The Morgan fingerprint density at radius 3 is 2.06 bits per heavy atom. The molecule has 5 aromatic rings. The van der Waals surface area contributed by atoms with E-state index in [-0.39, 0.29) is 6.03 Å². The Morgan fingerprint density at radius 2 is 1.29 bits per heavy atom. The van der Waals surface area contributed by atoms with Gasteiger partial charge >= 0.3 is 6.03 Å². The topological polar surface area (TPSA) is 104 Å². The minimum Gasteiger partial charge on any atom is -0.340 e. The maximum atomic E-state index is 12.5. The second kappa shape index (κ2) is 9.88. The molecule has 0 aliphatic rings. The molecule has 0 bridgehead atoms. The van der Waals surface area contributed by atoms with Gasteiger partial charge in [0, 0.05) is 29.3 Å². The van der Waals surface area contributed by atoms with Crippen LogP contribution in [0.4, 0.5) is 39.3 Å². The minimum absolute atomic E-state index is 0.308. The number of fused-ring (bicyclic) bond motifs is 1. The fraction of sp³-hybridized carbons (Fsp3) is 0.0370. The van der Waals surface area contributed by atoms with Crippen LogP contribution in [0.25, 0.3) is 10.8 Å². The molecule has 2 aromatic heterocycles. The quantitative estimate of drug-likeness (QED) is 0.231. The van der Waals surface area contributed by atoms with Crippen LogP contribution in [-0.4, -0.2) is 21.0 Å². The highest BCUT2D eigenvalue weighted by Gasteiger charge is 2.06. The van der Waals surface area contributed by atoms with Crippen molar-refractivity contribution < 1.29 is 4.79 Å². The van der Waals surface area contributed by atoms with Crippen LogP contribution in [0.15, 0.2) is 97.2 Å². The molecule has 0 unspecified atom stereocenters. The van der Waals surface area contributed by atoms with Crippen LogP contribution in [0, 0.1) is 6.92 Å². The molecule has 0 fully saturated rings. The Bertz CT molecular complexity index is 1470. The van der Waals surface area contributed by atoms with Crippen molar-refractivity contribution >= 4 is 51.3 Å². The zero-order valence-corrected chi connectivity index (χ0v) is 19.0. The number of carbonyl (C=O) groups is 1. The summed E-state index contributed by atoms with van der Waals surface area (Å²) in [6.07, 6.45) is 1.72. The molecule has 172 valence electrons. The molecule has 2 heterocycles. The molecule has 35 heavy (non-hydrogen) atoms. The monoisotopic (exact) mass is 461 g/mol. The number of rotatable bonds is 6. The highest BCUT2D eigenvalue weighted by molar-refractivity contribution is 6.01. The number of hydrogen-bond donors (Lipinski definition) is 4. The van der Waals surface area contributed by atoms with E-state index < -0.39 is 0 Å². The first-order valence-electron chi connectivity index (χ1n) is 11.1. The standard InChI is InChI=1S/C27H23N7O/c1-18-29-25(17-26(30-18)34-24-8-4-5-15-28-24)31-21-11-13-22(14-12-21)32-27(35)33-23-10-9-19-6-2-3-7-20(19)16-23/h2-17H,1H3,(H2,32,33,35)(H2,28,29,30,31,34). The molecular weight excluding hydrogens is 438 g/mol. The van der Waals surface area contributed by atoms with E-state index in [0.717, 1.165) is 22.1 Å². The van der Waals surface area contributed by atoms with Crippen molar-refractivity contribution in [2.24, 2.45) is 0 Å². The average molecular weight is 462 g/mol. The van der Waals surface area contributed by atoms with Crippen molar-refractivity contribution in [2.75, 3.05) is 21.3 Å². The zero-order valence-electron chi connectivity index (χ0n) is 19.0. The van der Waals surface area contributed by atoms with Crippen molar-refractivity contribution in [3.05, 3.63) is 103 Å². The smallest absolute Gasteiger partial charge is 0.323 e. The zero-order chi connectivity index (χ0) is 24.0. The summed E-state index contributed by atoms with van der Waals surface area (Å²) < 4.78 is 0. The molecule has 3 aromatic carbocycles. The van der Waals surface area contributed by atoms with E-state index in [1.807, 2.05) is 97.9 Å². The van der Waals surface area contributed by atoms with Gasteiger partial charge in [0.1, 0.15) is 23.3 Å². The Balaban J connectivity index is 1.21. The number of hydrogen-bond acceptors (Lipinski definition) is 6. The molecule has 0 atom stereocenters. The van der Waals surface area contributed by atoms with E-state index in [0.29, 0.717) is 29.0 Å². The van der Waals surface area contributed by atoms with Gasteiger partial charge < -0.3 is 21.3 Å². The maximum Gasteiger partial charge on any atom is 0.323 e. The third-order valence-electron chi connectivity index (χ3n) is 5.18. The Hall–Kier alpha value is -4.98. The predicted molar refractivity (Wildman–Crippen MR) is 141 cm³/mol. The van der Waals surface area contributed by atoms with E-state index >= 15 is 0 Å². The largest absolute Gasteiger partial charge is 0.340 e. The third kappa shape index (κ3) is 5.69. The summed E-state index contributed by atoms with van der Waals surface area (Å²) in [7, 11) is 0. The van der Waals surface area contributed by atoms with Gasteiger partial charge in [-0.15, -0.1) is 0 Å². The van der Waals surface area contributed by atoms with Crippen LogP contribution in [-0.2, 0) is 0 Å². The lowest BCUT2D eigenvalue weighted by Gasteiger charge is -2.11. The average Bonchev–Trinajstić information content (AvgIpc) is 2.85. The number of urea groups is 1. The van der Waals surface area contributed by atoms with Crippen LogP contribution in [0.5, 0.6) is 0 Å². The summed E-state index contributed by atoms with van der Waals surface area (Å²) in [5, 5.41) is 14.4. The van der Waals surface area contributed by atoms with Gasteiger partial charge in [0.15, 0.2) is 0 Å². The van der Waals surface area contributed by atoms with Crippen LogP contribution < -0.4 is 21.3 Å². The normalized spacial score (nSPS) is 10.5. The van der Waals surface area contributed by atoms with E-state index in [1.54, 1.807) is 6.20 Å². The predicted octanol–water partition coefficient (Wildman–Crippen LogP) is 6.46.